The lowest BCUT2D eigenvalue weighted by Crippen LogP contribution is -1.92. The van der Waals surface area contributed by atoms with Crippen molar-refractivity contribution in [2.45, 2.75) is 25.7 Å². The van der Waals surface area contributed by atoms with Crippen molar-refractivity contribution in [2.75, 3.05) is 0 Å². The molecule has 0 saturated heterocycles. The fourth-order valence-corrected chi connectivity index (χ4v) is 2.83. The number of hydrogen-bond acceptors (Lipinski definition) is 0. The van der Waals surface area contributed by atoms with Crippen LogP contribution in [-0.2, 0) is 13.5 Å². The van der Waals surface area contributed by atoms with Gasteiger partial charge >= 0.3 is 0 Å². The fourth-order valence-electron chi connectivity index (χ4n) is 2.83. The first kappa shape index (κ1) is 8.10. The first-order valence-corrected chi connectivity index (χ1v) is 5.35. The largest absolute Gasteiger partial charge is 0.347 e. The average molecular weight is 185 g/mol. The summed E-state index contributed by atoms with van der Waals surface area (Å²) in [7, 11) is 2.19. The molecule has 0 N–H and O–H groups in total. The van der Waals surface area contributed by atoms with Gasteiger partial charge in [0.25, 0.3) is 0 Å². The van der Waals surface area contributed by atoms with Gasteiger partial charge in [0.2, 0.25) is 0 Å². The van der Waals surface area contributed by atoms with Crippen LogP contribution < -0.4 is 0 Å². The Kier molecular flexibility index (Phi) is 1.52. The van der Waals surface area contributed by atoms with E-state index in [1.807, 2.05) is 0 Å². The molecule has 1 aliphatic rings. The molecule has 0 spiro atoms. The highest BCUT2D eigenvalue weighted by atomic mass is 15.0. The standard InChI is InChI=1S/C13H15N/c1-9-7-8-12-13(9)10-5-3-4-6-11(10)14(12)2/h3-6,9H,7-8H2,1-2H3. The van der Waals surface area contributed by atoms with Gasteiger partial charge in [0.1, 0.15) is 0 Å². The molecule has 14 heavy (non-hydrogen) atoms. The molecular weight excluding hydrogens is 170 g/mol. The van der Waals surface area contributed by atoms with E-state index in [1.165, 1.54) is 23.7 Å². The highest BCUT2D eigenvalue weighted by Gasteiger charge is 2.24. The van der Waals surface area contributed by atoms with E-state index in [0.717, 1.165) is 5.92 Å². The van der Waals surface area contributed by atoms with Crippen molar-refractivity contribution in [1.29, 1.82) is 0 Å². The molecule has 1 atom stereocenters. The van der Waals surface area contributed by atoms with E-state index in [2.05, 4.69) is 42.8 Å². The van der Waals surface area contributed by atoms with Gasteiger partial charge in [-0.1, -0.05) is 25.1 Å². The molecule has 0 fully saturated rings. The molecule has 1 aromatic carbocycles. The minimum absolute atomic E-state index is 0.746. The second-order valence-corrected chi connectivity index (χ2v) is 4.38. The molecule has 0 amide bonds. The van der Waals surface area contributed by atoms with E-state index in [1.54, 1.807) is 11.3 Å². The van der Waals surface area contributed by atoms with Crippen molar-refractivity contribution in [2.24, 2.45) is 7.05 Å². The molecule has 1 aliphatic carbocycles. The minimum Gasteiger partial charge on any atom is -0.347 e. The summed E-state index contributed by atoms with van der Waals surface area (Å²) in [6.07, 6.45) is 2.57. The lowest BCUT2D eigenvalue weighted by Gasteiger charge is -2.01. The van der Waals surface area contributed by atoms with Gasteiger partial charge in [-0.3, -0.25) is 0 Å². The van der Waals surface area contributed by atoms with Gasteiger partial charge in [0.15, 0.2) is 0 Å². The highest BCUT2D eigenvalue weighted by molar-refractivity contribution is 5.86. The lowest BCUT2D eigenvalue weighted by atomic mass is 10.0. The van der Waals surface area contributed by atoms with Crippen LogP contribution in [0.1, 0.15) is 30.5 Å². The summed E-state index contributed by atoms with van der Waals surface area (Å²) in [5, 5.41) is 1.47. The Bertz CT molecular complexity index is 493. The van der Waals surface area contributed by atoms with Gasteiger partial charge in [-0.15, -0.1) is 0 Å². The Morgan fingerprint density at radius 2 is 2.07 bits per heavy atom. The van der Waals surface area contributed by atoms with Crippen LogP contribution in [0.25, 0.3) is 10.9 Å². The molecule has 3 rings (SSSR count). The van der Waals surface area contributed by atoms with Crippen LogP contribution in [0.4, 0.5) is 0 Å². The Morgan fingerprint density at radius 3 is 2.93 bits per heavy atom. The Balaban J connectivity index is 2.46. The summed E-state index contributed by atoms with van der Waals surface area (Å²) in [4.78, 5) is 0. The molecule has 1 heteroatoms. The third kappa shape index (κ3) is 0.848. The van der Waals surface area contributed by atoms with E-state index in [-0.39, 0.29) is 0 Å². The van der Waals surface area contributed by atoms with Crippen molar-refractivity contribution >= 4 is 10.9 Å². The van der Waals surface area contributed by atoms with Crippen LogP contribution in [0.2, 0.25) is 0 Å². The summed E-state index contributed by atoms with van der Waals surface area (Å²) in [6, 6.07) is 8.76. The zero-order chi connectivity index (χ0) is 9.71. The van der Waals surface area contributed by atoms with Crippen LogP contribution >= 0.6 is 0 Å². The maximum absolute atomic E-state index is 2.37. The molecule has 1 aromatic heterocycles. The first-order chi connectivity index (χ1) is 6.79. The molecule has 1 heterocycles. The van der Waals surface area contributed by atoms with Crippen LogP contribution in [0.5, 0.6) is 0 Å². The normalized spacial score (nSPS) is 20.3. The van der Waals surface area contributed by atoms with Crippen LogP contribution in [0.3, 0.4) is 0 Å². The number of para-hydroxylation sites is 1. The number of benzene rings is 1. The summed E-state index contributed by atoms with van der Waals surface area (Å²) in [6.45, 7) is 2.35. The van der Waals surface area contributed by atoms with Crippen molar-refractivity contribution < 1.29 is 0 Å². The maximum Gasteiger partial charge on any atom is 0.0482 e. The van der Waals surface area contributed by atoms with Crippen molar-refractivity contribution in [1.82, 2.24) is 4.57 Å². The zero-order valence-electron chi connectivity index (χ0n) is 8.75. The predicted molar refractivity (Wildman–Crippen MR) is 59.7 cm³/mol. The molecule has 0 aliphatic heterocycles. The van der Waals surface area contributed by atoms with Crippen LogP contribution in [0, 0.1) is 0 Å². The van der Waals surface area contributed by atoms with Gasteiger partial charge in [0.05, 0.1) is 0 Å². The molecule has 0 bridgehead atoms. The molecule has 0 saturated carbocycles. The second kappa shape index (κ2) is 2.63. The Morgan fingerprint density at radius 1 is 1.29 bits per heavy atom. The molecule has 1 unspecified atom stereocenters. The van der Waals surface area contributed by atoms with E-state index in [9.17, 15) is 0 Å². The Labute approximate surface area is 84.4 Å². The maximum atomic E-state index is 2.37. The van der Waals surface area contributed by atoms with Crippen molar-refractivity contribution in [3.8, 4) is 0 Å². The topological polar surface area (TPSA) is 4.93 Å². The number of nitrogens with zero attached hydrogens (tertiary/aromatic N) is 1. The number of aryl methyl sites for hydroxylation is 1. The fraction of sp³-hybridized carbons (Fsp3) is 0.385. The molecule has 72 valence electrons. The van der Waals surface area contributed by atoms with Crippen molar-refractivity contribution in [3.05, 3.63) is 35.5 Å². The van der Waals surface area contributed by atoms with E-state index >= 15 is 0 Å². The monoisotopic (exact) mass is 185 g/mol. The van der Waals surface area contributed by atoms with Crippen molar-refractivity contribution in [3.63, 3.8) is 0 Å². The molecule has 2 aromatic rings. The first-order valence-electron chi connectivity index (χ1n) is 5.35. The van der Waals surface area contributed by atoms with Gasteiger partial charge in [-0.2, -0.15) is 0 Å². The van der Waals surface area contributed by atoms with E-state index < -0.39 is 0 Å². The lowest BCUT2D eigenvalue weighted by molar-refractivity contribution is 0.738. The summed E-state index contributed by atoms with van der Waals surface area (Å²) >= 11 is 0. The highest BCUT2D eigenvalue weighted by Crippen LogP contribution is 2.39. The quantitative estimate of drug-likeness (QED) is 0.594. The number of hydrogen-bond donors (Lipinski definition) is 0. The van der Waals surface area contributed by atoms with Gasteiger partial charge in [-0.05, 0) is 30.4 Å². The third-order valence-corrected chi connectivity index (χ3v) is 3.58. The van der Waals surface area contributed by atoms with E-state index in [0.29, 0.717) is 0 Å². The minimum atomic E-state index is 0.746. The molecular formula is C13H15N. The van der Waals surface area contributed by atoms with Gasteiger partial charge in [-0.25, -0.2) is 0 Å². The molecule has 1 nitrogen and oxygen atoms in total. The predicted octanol–water partition coefficient (Wildman–Crippen LogP) is 3.23. The van der Waals surface area contributed by atoms with Crippen LogP contribution in [0.15, 0.2) is 24.3 Å². The summed E-state index contributed by atoms with van der Waals surface area (Å²) in [5.74, 6) is 0.746. The second-order valence-electron chi connectivity index (χ2n) is 4.38. The average Bonchev–Trinajstić information content (AvgIpc) is 2.70. The summed E-state index contributed by atoms with van der Waals surface area (Å²) < 4.78 is 2.37. The number of fused-ring (bicyclic) bond motifs is 3. The van der Waals surface area contributed by atoms with E-state index in [4.69, 9.17) is 0 Å². The Hall–Kier alpha value is -1.24. The summed E-state index contributed by atoms with van der Waals surface area (Å²) in [5.41, 5.74) is 4.55. The third-order valence-electron chi connectivity index (χ3n) is 3.58. The van der Waals surface area contributed by atoms with Crippen LogP contribution in [-0.4, -0.2) is 4.57 Å². The molecule has 0 radical (unpaired) electrons. The smallest absolute Gasteiger partial charge is 0.0482 e. The number of rotatable bonds is 0. The van der Waals surface area contributed by atoms with Gasteiger partial charge < -0.3 is 4.57 Å². The number of aromatic nitrogens is 1. The van der Waals surface area contributed by atoms with Gasteiger partial charge in [0, 0.05) is 23.6 Å². The SMILES string of the molecule is CC1CCc2c1c1ccccc1n2C. The zero-order valence-corrected chi connectivity index (χ0v) is 8.75.